The number of hydrogen-bond donors (Lipinski definition) is 0. The van der Waals surface area contributed by atoms with Gasteiger partial charge in [-0.1, -0.05) is 11.2 Å². The van der Waals surface area contributed by atoms with E-state index in [4.69, 9.17) is 4.52 Å². The molecule has 1 amide bonds. The molecule has 6 heteroatoms. The Morgan fingerprint density at radius 2 is 2.14 bits per heavy atom. The Labute approximate surface area is 132 Å². The van der Waals surface area contributed by atoms with E-state index < -0.39 is 0 Å². The number of rotatable bonds is 5. The molecule has 0 bridgehead atoms. The van der Waals surface area contributed by atoms with Crippen molar-refractivity contribution >= 4 is 17.2 Å². The molecule has 0 fully saturated rings. The Balaban J connectivity index is 1.63. The molecule has 0 N–H and O–H groups in total. The molecule has 0 aliphatic heterocycles. The first kappa shape index (κ1) is 14.5. The topological polar surface area (TPSA) is 59.2 Å². The van der Waals surface area contributed by atoms with Gasteiger partial charge >= 0.3 is 0 Å². The number of pyridine rings is 1. The number of carbonyl (C=O) groups excluding carboxylic acids is 1. The first-order valence-electron chi connectivity index (χ1n) is 6.89. The molecule has 0 spiro atoms. The molecule has 3 heterocycles. The Hall–Kier alpha value is -2.47. The van der Waals surface area contributed by atoms with Gasteiger partial charge in [0.25, 0.3) is 5.91 Å². The van der Waals surface area contributed by atoms with Gasteiger partial charge in [-0.05, 0) is 35.6 Å². The van der Waals surface area contributed by atoms with Crippen molar-refractivity contribution in [2.45, 2.75) is 6.42 Å². The second-order valence-corrected chi connectivity index (χ2v) is 5.83. The van der Waals surface area contributed by atoms with Crippen molar-refractivity contribution in [3.8, 4) is 10.6 Å². The summed E-state index contributed by atoms with van der Waals surface area (Å²) in [6.07, 6.45) is 4.28. The number of hydrogen-bond acceptors (Lipinski definition) is 5. The summed E-state index contributed by atoms with van der Waals surface area (Å²) in [5, 5.41) is 5.84. The zero-order valence-electron chi connectivity index (χ0n) is 12.1. The Morgan fingerprint density at radius 3 is 2.86 bits per heavy atom. The highest BCUT2D eigenvalue weighted by Gasteiger charge is 2.17. The highest BCUT2D eigenvalue weighted by Crippen LogP contribution is 2.25. The first-order valence-corrected chi connectivity index (χ1v) is 7.77. The molecule has 3 aromatic rings. The van der Waals surface area contributed by atoms with E-state index in [0.29, 0.717) is 18.0 Å². The molecular weight excluding hydrogens is 298 g/mol. The van der Waals surface area contributed by atoms with E-state index in [9.17, 15) is 4.79 Å². The van der Waals surface area contributed by atoms with Crippen LogP contribution in [0.25, 0.3) is 10.6 Å². The van der Waals surface area contributed by atoms with Crippen molar-refractivity contribution in [1.82, 2.24) is 15.0 Å². The number of thiophene rings is 1. The summed E-state index contributed by atoms with van der Waals surface area (Å²) in [4.78, 5) is 18.9. The molecule has 0 saturated heterocycles. The zero-order valence-corrected chi connectivity index (χ0v) is 12.9. The van der Waals surface area contributed by atoms with Crippen LogP contribution in [-0.2, 0) is 6.42 Å². The monoisotopic (exact) mass is 313 g/mol. The van der Waals surface area contributed by atoms with Gasteiger partial charge in [0.15, 0.2) is 11.5 Å². The van der Waals surface area contributed by atoms with Gasteiger partial charge < -0.3 is 9.42 Å². The van der Waals surface area contributed by atoms with E-state index in [-0.39, 0.29) is 5.91 Å². The maximum Gasteiger partial charge on any atom is 0.275 e. The van der Waals surface area contributed by atoms with Gasteiger partial charge in [0, 0.05) is 32.1 Å². The lowest BCUT2D eigenvalue weighted by molar-refractivity contribution is 0.0786. The van der Waals surface area contributed by atoms with Crippen LogP contribution in [0.3, 0.4) is 0 Å². The third-order valence-corrected chi connectivity index (χ3v) is 4.21. The number of carbonyl (C=O) groups is 1. The first-order chi connectivity index (χ1) is 10.7. The molecule has 5 nitrogen and oxygen atoms in total. The Morgan fingerprint density at radius 1 is 1.32 bits per heavy atom. The van der Waals surface area contributed by atoms with E-state index in [2.05, 4.69) is 10.1 Å². The maximum absolute atomic E-state index is 12.3. The molecule has 0 atom stereocenters. The molecule has 0 aliphatic carbocycles. The second kappa shape index (κ2) is 6.53. The smallest absolute Gasteiger partial charge is 0.275 e. The minimum absolute atomic E-state index is 0.138. The molecule has 3 aromatic heterocycles. The fourth-order valence-electron chi connectivity index (χ4n) is 2.05. The summed E-state index contributed by atoms with van der Waals surface area (Å²) in [6, 6.07) is 9.46. The van der Waals surface area contributed by atoms with Gasteiger partial charge in [0.1, 0.15) is 0 Å². The van der Waals surface area contributed by atoms with Crippen LogP contribution in [0.4, 0.5) is 0 Å². The lowest BCUT2D eigenvalue weighted by Crippen LogP contribution is -2.29. The van der Waals surface area contributed by atoms with Crippen LogP contribution in [0.5, 0.6) is 0 Å². The highest BCUT2D eigenvalue weighted by molar-refractivity contribution is 7.13. The van der Waals surface area contributed by atoms with Gasteiger partial charge in [0.05, 0.1) is 4.88 Å². The van der Waals surface area contributed by atoms with Crippen LogP contribution in [-0.4, -0.2) is 34.5 Å². The summed E-state index contributed by atoms with van der Waals surface area (Å²) in [5.74, 6) is 0.487. The second-order valence-electron chi connectivity index (χ2n) is 4.89. The summed E-state index contributed by atoms with van der Waals surface area (Å²) >= 11 is 1.55. The molecule has 0 radical (unpaired) electrons. The quantitative estimate of drug-likeness (QED) is 0.726. The van der Waals surface area contributed by atoms with E-state index in [1.54, 1.807) is 41.7 Å². The minimum atomic E-state index is -0.138. The van der Waals surface area contributed by atoms with Crippen molar-refractivity contribution in [3.05, 3.63) is 59.4 Å². The third kappa shape index (κ3) is 3.23. The number of aromatic nitrogens is 2. The van der Waals surface area contributed by atoms with Crippen molar-refractivity contribution < 1.29 is 9.32 Å². The molecule has 0 aliphatic rings. The average Bonchev–Trinajstić information content (AvgIpc) is 3.23. The maximum atomic E-state index is 12.3. The van der Waals surface area contributed by atoms with Crippen molar-refractivity contribution in [2.24, 2.45) is 0 Å². The molecule has 3 rings (SSSR count). The van der Waals surface area contributed by atoms with Gasteiger partial charge in [-0.3, -0.25) is 9.78 Å². The number of nitrogens with zero attached hydrogens (tertiary/aromatic N) is 3. The lowest BCUT2D eigenvalue weighted by Gasteiger charge is -2.15. The van der Waals surface area contributed by atoms with Crippen LogP contribution in [0.15, 0.2) is 52.6 Å². The SMILES string of the molecule is CN(CCc1ccncc1)C(=O)c1cc(-c2cccs2)on1. The van der Waals surface area contributed by atoms with Crippen LogP contribution in [0.2, 0.25) is 0 Å². The summed E-state index contributed by atoms with van der Waals surface area (Å²) in [5.41, 5.74) is 1.48. The molecule has 0 unspecified atom stereocenters. The van der Waals surface area contributed by atoms with Crippen LogP contribution < -0.4 is 0 Å². The average molecular weight is 313 g/mol. The Kier molecular flexibility index (Phi) is 4.29. The fraction of sp³-hybridized carbons (Fsp3) is 0.188. The van der Waals surface area contributed by atoms with Crippen molar-refractivity contribution in [1.29, 1.82) is 0 Å². The van der Waals surface area contributed by atoms with E-state index in [1.165, 1.54) is 0 Å². The largest absolute Gasteiger partial charge is 0.355 e. The molecule has 0 aromatic carbocycles. The van der Waals surface area contributed by atoms with Crippen LogP contribution in [0.1, 0.15) is 16.1 Å². The molecule has 0 saturated carbocycles. The Bertz CT molecular complexity index is 738. The van der Waals surface area contributed by atoms with E-state index in [1.807, 2.05) is 29.6 Å². The predicted molar refractivity (Wildman–Crippen MR) is 84.7 cm³/mol. The predicted octanol–water partition coefficient (Wildman–Crippen LogP) is 3.11. The molecular formula is C16H15N3O2S. The number of likely N-dealkylation sites (N-methyl/N-ethyl adjacent to an activating group) is 1. The van der Waals surface area contributed by atoms with Gasteiger partial charge in [-0.2, -0.15) is 0 Å². The summed E-state index contributed by atoms with van der Waals surface area (Å²) in [7, 11) is 1.77. The standard InChI is InChI=1S/C16H15N3O2S/c1-19(9-6-12-4-7-17-8-5-12)16(20)13-11-14(21-18-13)15-3-2-10-22-15/h2-5,7-8,10-11H,6,9H2,1H3. The van der Waals surface area contributed by atoms with Crippen molar-refractivity contribution in [3.63, 3.8) is 0 Å². The van der Waals surface area contributed by atoms with Crippen molar-refractivity contribution in [2.75, 3.05) is 13.6 Å². The van der Waals surface area contributed by atoms with E-state index >= 15 is 0 Å². The van der Waals surface area contributed by atoms with Crippen LogP contribution in [0, 0.1) is 0 Å². The summed E-state index contributed by atoms with van der Waals surface area (Å²) < 4.78 is 5.25. The van der Waals surface area contributed by atoms with Gasteiger partial charge in [-0.15, -0.1) is 11.3 Å². The van der Waals surface area contributed by atoms with Gasteiger partial charge in [-0.25, -0.2) is 0 Å². The third-order valence-electron chi connectivity index (χ3n) is 3.33. The molecule has 22 heavy (non-hydrogen) atoms. The van der Waals surface area contributed by atoms with E-state index in [0.717, 1.165) is 16.9 Å². The van der Waals surface area contributed by atoms with Gasteiger partial charge in [0.2, 0.25) is 0 Å². The lowest BCUT2D eigenvalue weighted by atomic mass is 10.2. The van der Waals surface area contributed by atoms with Crippen LogP contribution >= 0.6 is 11.3 Å². The summed E-state index contributed by atoms with van der Waals surface area (Å²) in [6.45, 7) is 0.615. The normalized spacial score (nSPS) is 10.6. The zero-order chi connectivity index (χ0) is 15.4. The fourth-order valence-corrected chi connectivity index (χ4v) is 2.73. The minimum Gasteiger partial charge on any atom is -0.355 e. The number of amides is 1. The molecule has 112 valence electrons. The highest BCUT2D eigenvalue weighted by atomic mass is 32.1.